The maximum absolute atomic E-state index is 12.8. The summed E-state index contributed by atoms with van der Waals surface area (Å²) in [5.41, 5.74) is 1.85. The SMILES string of the molecule is CCCCCCOc1ccc([C@]2(C)CC(c3ccc(OC)nc3)=C(C#N)C(=O)N2)cc1. The van der Waals surface area contributed by atoms with Crippen LogP contribution in [0, 0.1) is 11.3 Å². The normalized spacial score (nSPS) is 18.3. The van der Waals surface area contributed by atoms with Crippen LogP contribution in [0.5, 0.6) is 11.6 Å². The summed E-state index contributed by atoms with van der Waals surface area (Å²) in [7, 11) is 1.55. The molecule has 1 amide bonds. The van der Waals surface area contributed by atoms with Crippen molar-refractivity contribution in [3.8, 4) is 17.7 Å². The highest BCUT2D eigenvalue weighted by Crippen LogP contribution is 2.38. The highest BCUT2D eigenvalue weighted by Gasteiger charge is 2.37. The summed E-state index contributed by atoms with van der Waals surface area (Å²) < 4.78 is 11.0. The van der Waals surface area contributed by atoms with E-state index in [9.17, 15) is 10.1 Å². The summed E-state index contributed by atoms with van der Waals surface area (Å²) in [6.07, 6.45) is 6.77. The van der Waals surface area contributed by atoms with Gasteiger partial charge in [-0.05, 0) is 48.2 Å². The van der Waals surface area contributed by atoms with Gasteiger partial charge in [0.25, 0.3) is 5.91 Å². The van der Waals surface area contributed by atoms with Crippen molar-refractivity contribution in [2.24, 2.45) is 0 Å². The Kier molecular flexibility index (Phi) is 7.30. The third kappa shape index (κ3) is 5.24. The van der Waals surface area contributed by atoms with Crippen molar-refractivity contribution in [2.75, 3.05) is 13.7 Å². The molecule has 0 saturated carbocycles. The van der Waals surface area contributed by atoms with Crippen LogP contribution >= 0.6 is 0 Å². The summed E-state index contributed by atoms with van der Waals surface area (Å²) >= 11 is 0. The molecule has 0 aliphatic carbocycles. The van der Waals surface area contributed by atoms with Crippen molar-refractivity contribution in [2.45, 2.75) is 51.5 Å². The second kappa shape index (κ2) is 10.1. The fourth-order valence-corrected chi connectivity index (χ4v) is 3.79. The second-order valence-electron chi connectivity index (χ2n) is 7.95. The average molecular weight is 420 g/mol. The third-order valence-corrected chi connectivity index (χ3v) is 5.61. The van der Waals surface area contributed by atoms with Crippen molar-refractivity contribution in [1.82, 2.24) is 10.3 Å². The number of ether oxygens (including phenoxy) is 2. The van der Waals surface area contributed by atoms with E-state index < -0.39 is 5.54 Å². The van der Waals surface area contributed by atoms with E-state index >= 15 is 0 Å². The van der Waals surface area contributed by atoms with E-state index in [1.807, 2.05) is 37.3 Å². The van der Waals surface area contributed by atoms with Crippen LogP contribution in [0.2, 0.25) is 0 Å². The Balaban J connectivity index is 1.79. The van der Waals surface area contributed by atoms with Crippen molar-refractivity contribution >= 4 is 11.5 Å². The number of nitrogens with one attached hydrogen (secondary N) is 1. The number of carbonyl (C=O) groups excluding carboxylic acids is 1. The van der Waals surface area contributed by atoms with Crippen LogP contribution in [-0.4, -0.2) is 24.6 Å². The molecule has 1 aliphatic rings. The van der Waals surface area contributed by atoms with Crippen LogP contribution in [-0.2, 0) is 10.3 Å². The number of rotatable bonds is 9. The van der Waals surface area contributed by atoms with Gasteiger partial charge in [0.15, 0.2) is 0 Å². The highest BCUT2D eigenvalue weighted by atomic mass is 16.5. The lowest BCUT2D eigenvalue weighted by Gasteiger charge is -2.36. The quantitative estimate of drug-likeness (QED) is 0.592. The molecule has 2 aromatic rings. The van der Waals surface area contributed by atoms with Gasteiger partial charge in [0.05, 0.1) is 19.3 Å². The summed E-state index contributed by atoms with van der Waals surface area (Å²) in [4.78, 5) is 17.0. The van der Waals surface area contributed by atoms with Crippen LogP contribution < -0.4 is 14.8 Å². The van der Waals surface area contributed by atoms with Gasteiger partial charge in [-0.25, -0.2) is 4.98 Å². The molecule has 0 radical (unpaired) electrons. The summed E-state index contributed by atoms with van der Waals surface area (Å²) in [6, 6.07) is 13.4. The Labute approximate surface area is 183 Å². The summed E-state index contributed by atoms with van der Waals surface area (Å²) in [5.74, 6) is 0.924. The number of pyridine rings is 1. The molecule has 0 fully saturated rings. The van der Waals surface area contributed by atoms with E-state index in [1.54, 1.807) is 19.4 Å². The van der Waals surface area contributed by atoms with Crippen molar-refractivity contribution < 1.29 is 14.3 Å². The Hall–Kier alpha value is -3.33. The predicted octanol–water partition coefficient (Wildman–Crippen LogP) is 4.76. The van der Waals surface area contributed by atoms with Gasteiger partial charge in [-0.3, -0.25) is 4.79 Å². The number of unbranched alkanes of at least 4 members (excludes halogenated alkanes) is 3. The van der Waals surface area contributed by atoms with Crippen molar-refractivity contribution in [1.29, 1.82) is 5.26 Å². The highest BCUT2D eigenvalue weighted by molar-refractivity contribution is 6.07. The first-order chi connectivity index (χ1) is 15.0. The van der Waals surface area contributed by atoms with Gasteiger partial charge in [-0.15, -0.1) is 0 Å². The molecule has 1 atom stereocenters. The molecule has 1 aromatic carbocycles. The maximum Gasteiger partial charge on any atom is 0.262 e. The summed E-state index contributed by atoms with van der Waals surface area (Å²) in [5, 5.41) is 12.6. The Morgan fingerprint density at radius 2 is 1.94 bits per heavy atom. The molecule has 162 valence electrons. The Morgan fingerprint density at radius 3 is 2.55 bits per heavy atom. The molecule has 0 bridgehead atoms. The van der Waals surface area contributed by atoms with Crippen LogP contribution in [0.3, 0.4) is 0 Å². The molecule has 1 aliphatic heterocycles. The molecule has 6 nitrogen and oxygen atoms in total. The van der Waals surface area contributed by atoms with Crippen LogP contribution in [0.15, 0.2) is 48.2 Å². The van der Waals surface area contributed by atoms with Gasteiger partial charge in [0.1, 0.15) is 17.4 Å². The molecule has 31 heavy (non-hydrogen) atoms. The zero-order valence-electron chi connectivity index (χ0n) is 18.4. The summed E-state index contributed by atoms with van der Waals surface area (Å²) in [6.45, 7) is 4.86. The minimum Gasteiger partial charge on any atom is -0.494 e. The number of nitrogens with zero attached hydrogens (tertiary/aromatic N) is 2. The molecule has 3 rings (SSSR count). The number of amides is 1. The monoisotopic (exact) mass is 419 g/mol. The average Bonchev–Trinajstić information content (AvgIpc) is 2.79. The zero-order valence-corrected chi connectivity index (χ0v) is 18.4. The number of methoxy groups -OCH3 is 1. The molecular formula is C25H29N3O3. The first kappa shape index (κ1) is 22.4. The van der Waals surface area contributed by atoms with E-state index in [4.69, 9.17) is 9.47 Å². The number of nitriles is 1. The van der Waals surface area contributed by atoms with Crippen molar-refractivity contribution in [3.05, 3.63) is 59.3 Å². The zero-order chi connectivity index (χ0) is 22.3. The number of hydrogen-bond donors (Lipinski definition) is 1. The molecule has 0 unspecified atom stereocenters. The fraction of sp³-hybridized carbons (Fsp3) is 0.400. The van der Waals surface area contributed by atoms with Gasteiger partial charge < -0.3 is 14.8 Å². The first-order valence-corrected chi connectivity index (χ1v) is 10.7. The lowest BCUT2D eigenvalue weighted by Crippen LogP contribution is -2.47. The molecule has 1 N–H and O–H groups in total. The number of hydrogen-bond acceptors (Lipinski definition) is 5. The lowest BCUT2D eigenvalue weighted by molar-refractivity contribution is -0.119. The lowest BCUT2D eigenvalue weighted by atomic mass is 9.79. The molecular weight excluding hydrogens is 390 g/mol. The van der Waals surface area contributed by atoms with Crippen LogP contribution in [0.25, 0.3) is 5.57 Å². The van der Waals surface area contributed by atoms with E-state index in [0.717, 1.165) is 23.3 Å². The Bertz CT molecular complexity index is 975. The van der Waals surface area contributed by atoms with Gasteiger partial charge in [0.2, 0.25) is 5.88 Å². The number of carbonyl (C=O) groups is 1. The van der Waals surface area contributed by atoms with Gasteiger partial charge in [-0.2, -0.15) is 5.26 Å². The molecule has 0 saturated heterocycles. The standard InChI is InChI=1S/C25H29N3O3/c1-4-5-6-7-14-31-20-11-9-19(10-12-20)25(2)15-21(22(16-26)24(29)28-25)18-8-13-23(30-3)27-17-18/h8-13,17H,4-7,14-15H2,1-3H3,(H,28,29)/t25-/m0/s1. The fourth-order valence-electron chi connectivity index (χ4n) is 3.79. The van der Waals surface area contributed by atoms with Crippen LogP contribution in [0.1, 0.15) is 57.1 Å². The Morgan fingerprint density at radius 1 is 1.16 bits per heavy atom. The van der Waals surface area contributed by atoms with Gasteiger partial charge in [-0.1, -0.05) is 38.3 Å². The van der Waals surface area contributed by atoms with E-state index in [-0.39, 0.29) is 11.5 Å². The maximum atomic E-state index is 12.8. The second-order valence-corrected chi connectivity index (χ2v) is 7.95. The van der Waals surface area contributed by atoms with Crippen molar-refractivity contribution in [3.63, 3.8) is 0 Å². The molecule has 0 spiro atoms. The third-order valence-electron chi connectivity index (χ3n) is 5.61. The number of benzene rings is 1. The number of aromatic nitrogens is 1. The van der Waals surface area contributed by atoms with E-state index in [2.05, 4.69) is 23.3 Å². The van der Waals surface area contributed by atoms with E-state index in [1.165, 1.54) is 19.3 Å². The molecule has 1 aromatic heterocycles. The molecule has 2 heterocycles. The van der Waals surface area contributed by atoms with Crippen LogP contribution in [0.4, 0.5) is 0 Å². The minimum atomic E-state index is -0.646. The molecule has 6 heteroatoms. The van der Waals surface area contributed by atoms with E-state index in [0.29, 0.717) is 24.5 Å². The first-order valence-electron chi connectivity index (χ1n) is 10.7. The van der Waals surface area contributed by atoms with Gasteiger partial charge in [0, 0.05) is 18.7 Å². The van der Waals surface area contributed by atoms with Gasteiger partial charge >= 0.3 is 0 Å². The predicted molar refractivity (Wildman–Crippen MR) is 120 cm³/mol. The smallest absolute Gasteiger partial charge is 0.262 e. The minimum absolute atomic E-state index is 0.122. The topological polar surface area (TPSA) is 84.2 Å². The largest absolute Gasteiger partial charge is 0.494 e.